The van der Waals surface area contributed by atoms with Crippen LogP contribution < -0.4 is 0 Å². The number of carbonyl (C=O) groups excluding carboxylic acids is 3. The van der Waals surface area contributed by atoms with Gasteiger partial charge in [-0.2, -0.15) is 0 Å². The molecule has 8 heteroatoms. The van der Waals surface area contributed by atoms with Crippen LogP contribution in [0.3, 0.4) is 0 Å². The van der Waals surface area contributed by atoms with E-state index in [0.29, 0.717) is 25.8 Å². The van der Waals surface area contributed by atoms with Crippen LogP contribution in [0.25, 0.3) is 0 Å². The minimum Gasteiger partial charge on any atom is -0.465 e. The van der Waals surface area contributed by atoms with E-state index in [9.17, 15) is 19.5 Å². The molecule has 0 aliphatic carbocycles. The first-order valence-electron chi connectivity index (χ1n) is 14.2. The van der Waals surface area contributed by atoms with E-state index in [0.717, 1.165) is 12.8 Å². The van der Waals surface area contributed by atoms with Crippen molar-refractivity contribution in [2.75, 3.05) is 19.8 Å². The lowest BCUT2D eigenvalue weighted by molar-refractivity contribution is -0.164. The van der Waals surface area contributed by atoms with Gasteiger partial charge in [-0.05, 0) is 64.7 Å². The van der Waals surface area contributed by atoms with Crippen molar-refractivity contribution >= 4 is 17.8 Å². The molecular weight excluding hydrogens is 484 g/mol. The average Bonchev–Trinajstić information content (AvgIpc) is 3.36. The van der Waals surface area contributed by atoms with Crippen LogP contribution in [-0.2, 0) is 23.9 Å². The number of likely N-dealkylation sites (tertiary alicyclic amines) is 1. The third-order valence-corrected chi connectivity index (χ3v) is 8.87. The molecule has 0 aromatic heterocycles. The van der Waals surface area contributed by atoms with Crippen molar-refractivity contribution in [3.63, 3.8) is 0 Å². The van der Waals surface area contributed by atoms with Gasteiger partial charge in [0.2, 0.25) is 11.8 Å². The number of allylic oxidation sites excluding steroid dienone is 1. The molecule has 3 aliphatic heterocycles. The van der Waals surface area contributed by atoms with Crippen molar-refractivity contribution in [2.24, 2.45) is 23.7 Å². The zero-order valence-electron chi connectivity index (χ0n) is 24.2. The molecule has 38 heavy (non-hydrogen) atoms. The molecule has 7 atom stereocenters. The fourth-order valence-corrected chi connectivity index (χ4v) is 7.03. The molecule has 3 aliphatic rings. The first-order valence-corrected chi connectivity index (χ1v) is 14.2. The van der Waals surface area contributed by atoms with E-state index >= 15 is 0 Å². The summed E-state index contributed by atoms with van der Waals surface area (Å²) in [5.41, 5.74) is -2.08. The third-order valence-electron chi connectivity index (χ3n) is 8.87. The van der Waals surface area contributed by atoms with E-state index in [1.807, 2.05) is 47.6 Å². The van der Waals surface area contributed by atoms with Crippen molar-refractivity contribution in [1.29, 1.82) is 0 Å². The van der Waals surface area contributed by atoms with Gasteiger partial charge in [-0.15, -0.1) is 13.2 Å². The third kappa shape index (κ3) is 5.06. The number of aliphatic hydroxyl groups is 1. The molecule has 3 fully saturated rings. The Bertz CT molecular complexity index is 918. The largest absolute Gasteiger partial charge is 0.465 e. The molecule has 0 aromatic rings. The number of fused-ring (bicyclic) bond motifs is 1. The summed E-state index contributed by atoms with van der Waals surface area (Å²) in [6.07, 6.45) is 6.94. The van der Waals surface area contributed by atoms with Crippen LogP contribution in [0.2, 0.25) is 0 Å². The van der Waals surface area contributed by atoms with E-state index in [1.54, 1.807) is 15.9 Å². The van der Waals surface area contributed by atoms with Crippen molar-refractivity contribution in [3.8, 4) is 0 Å². The molecule has 214 valence electrons. The molecule has 0 radical (unpaired) electrons. The minimum absolute atomic E-state index is 0.0651. The van der Waals surface area contributed by atoms with Gasteiger partial charge in [-0.1, -0.05) is 32.9 Å². The monoisotopic (exact) mass is 532 g/mol. The zero-order chi connectivity index (χ0) is 28.4. The van der Waals surface area contributed by atoms with Gasteiger partial charge in [0, 0.05) is 12.6 Å². The maximum Gasteiger partial charge on any atom is 0.312 e. The highest BCUT2D eigenvalue weighted by Crippen LogP contribution is 2.65. The summed E-state index contributed by atoms with van der Waals surface area (Å²) in [6, 6.07) is -1.63. The van der Waals surface area contributed by atoms with E-state index in [1.165, 1.54) is 0 Å². The predicted molar refractivity (Wildman–Crippen MR) is 146 cm³/mol. The number of amides is 2. The lowest BCUT2D eigenvalue weighted by atomic mass is 9.62. The molecule has 2 amide bonds. The molecule has 1 spiro atoms. The molecule has 8 nitrogen and oxygen atoms in total. The van der Waals surface area contributed by atoms with Gasteiger partial charge in [0.1, 0.15) is 17.6 Å². The van der Waals surface area contributed by atoms with Crippen molar-refractivity contribution in [2.45, 2.75) is 103 Å². The van der Waals surface area contributed by atoms with Gasteiger partial charge < -0.3 is 24.4 Å². The SMILES string of the molecule is C=CCCCCOC(=O)[C@H]1[C@H]2C(=O)N([C@@H](CO)CC(C)C)C(C(=O)N(CC=C)C(C)C)C23CC(C)[C@]1(C)O3. The van der Waals surface area contributed by atoms with Crippen LogP contribution in [0.5, 0.6) is 0 Å². The van der Waals surface area contributed by atoms with Crippen molar-refractivity contribution in [3.05, 3.63) is 25.3 Å². The molecule has 1 N–H and O–H groups in total. The number of hydrogen-bond acceptors (Lipinski definition) is 6. The second kappa shape index (κ2) is 11.9. The van der Waals surface area contributed by atoms with Crippen LogP contribution in [0.1, 0.15) is 73.6 Å². The maximum absolute atomic E-state index is 14.3. The Labute approximate surface area is 228 Å². The quantitative estimate of drug-likeness (QED) is 0.208. The zero-order valence-corrected chi connectivity index (χ0v) is 24.2. The molecule has 0 saturated carbocycles. The number of ether oxygens (including phenoxy) is 2. The van der Waals surface area contributed by atoms with Gasteiger partial charge in [0.05, 0.1) is 30.8 Å². The number of carbonyl (C=O) groups is 3. The fourth-order valence-electron chi connectivity index (χ4n) is 7.03. The first kappa shape index (κ1) is 30.4. The summed E-state index contributed by atoms with van der Waals surface area (Å²) in [6.45, 7) is 19.7. The highest BCUT2D eigenvalue weighted by atomic mass is 16.6. The predicted octanol–water partition coefficient (Wildman–Crippen LogP) is 3.73. The number of rotatable bonds is 14. The Hall–Kier alpha value is -2.19. The topological polar surface area (TPSA) is 96.4 Å². The minimum atomic E-state index is -1.16. The van der Waals surface area contributed by atoms with Gasteiger partial charge in [-0.3, -0.25) is 14.4 Å². The number of esters is 1. The van der Waals surface area contributed by atoms with Crippen LogP contribution >= 0.6 is 0 Å². The summed E-state index contributed by atoms with van der Waals surface area (Å²) in [5, 5.41) is 10.4. The van der Waals surface area contributed by atoms with E-state index < -0.39 is 41.1 Å². The lowest BCUT2D eigenvalue weighted by Crippen LogP contribution is -2.60. The normalized spacial score (nSPS) is 32.6. The van der Waals surface area contributed by atoms with Crippen LogP contribution in [0.15, 0.2) is 25.3 Å². The number of hydrogen-bond donors (Lipinski definition) is 1. The number of unbranched alkanes of at least 4 members (excludes halogenated alkanes) is 2. The smallest absolute Gasteiger partial charge is 0.312 e. The second-order valence-corrected chi connectivity index (χ2v) is 12.2. The Morgan fingerprint density at radius 3 is 2.47 bits per heavy atom. The van der Waals surface area contributed by atoms with E-state index in [4.69, 9.17) is 9.47 Å². The van der Waals surface area contributed by atoms with Gasteiger partial charge in [-0.25, -0.2) is 0 Å². The highest BCUT2D eigenvalue weighted by Gasteiger charge is 2.80. The standard InChI is InChI=1S/C30H48N2O6/c1-9-11-12-13-15-37-28(36)24-23-26(34)32(22(18-33)16-19(3)4)25(27(35)31(14-10-2)20(5)6)30(23)17-21(7)29(24,8)38-30/h9-10,19-25,33H,1-2,11-18H2,3-8H3/t21?,22-,23+,24-,25?,29+,30?/m1/s1. The van der Waals surface area contributed by atoms with Crippen molar-refractivity contribution < 1.29 is 29.0 Å². The number of aliphatic hydroxyl groups excluding tert-OH is 1. The average molecular weight is 533 g/mol. The van der Waals surface area contributed by atoms with E-state index in [2.05, 4.69) is 13.2 Å². The Morgan fingerprint density at radius 1 is 1.24 bits per heavy atom. The Balaban J connectivity index is 2.07. The molecule has 3 saturated heterocycles. The molecule has 2 bridgehead atoms. The fraction of sp³-hybridized carbons (Fsp3) is 0.767. The van der Waals surface area contributed by atoms with Gasteiger partial charge in [0.25, 0.3) is 0 Å². The summed E-state index contributed by atoms with van der Waals surface area (Å²) < 4.78 is 12.5. The summed E-state index contributed by atoms with van der Waals surface area (Å²) in [5.74, 6) is -2.50. The first-order chi connectivity index (χ1) is 17.9. The molecule has 0 aromatic carbocycles. The summed E-state index contributed by atoms with van der Waals surface area (Å²) in [7, 11) is 0. The summed E-state index contributed by atoms with van der Waals surface area (Å²) >= 11 is 0. The van der Waals surface area contributed by atoms with Crippen LogP contribution in [0.4, 0.5) is 0 Å². The maximum atomic E-state index is 14.3. The van der Waals surface area contributed by atoms with E-state index in [-0.39, 0.29) is 42.9 Å². The Kier molecular flexibility index (Phi) is 9.51. The lowest BCUT2D eigenvalue weighted by Gasteiger charge is -2.41. The van der Waals surface area contributed by atoms with Crippen LogP contribution in [0, 0.1) is 23.7 Å². The highest BCUT2D eigenvalue weighted by molar-refractivity contribution is 5.99. The van der Waals surface area contributed by atoms with Gasteiger partial charge in [0.15, 0.2) is 0 Å². The Morgan fingerprint density at radius 2 is 1.92 bits per heavy atom. The number of nitrogens with zero attached hydrogens (tertiary/aromatic N) is 2. The molecule has 3 heterocycles. The van der Waals surface area contributed by atoms with Gasteiger partial charge >= 0.3 is 5.97 Å². The second-order valence-electron chi connectivity index (χ2n) is 12.2. The molecular formula is C30H48N2O6. The molecule has 3 rings (SSSR count). The summed E-state index contributed by atoms with van der Waals surface area (Å²) in [4.78, 5) is 45.5. The van der Waals surface area contributed by atoms with Crippen LogP contribution in [-0.4, -0.2) is 81.8 Å². The van der Waals surface area contributed by atoms with Crippen molar-refractivity contribution in [1.82, 2.24) is 9.80 Å². The molecule has 3 unspecified atom stereocenters.